The van der Waals surface area contributed by atoms with Crippen LogP contribution in [0.3, 0.4) is 0 Å². The quantitative estimate of drug-likeness (QED) is 0.688. The third kappa shape index (κ3) is 2.35. The molecular weight excluding hydrogens is 270 g/mol. The number of fused-ring (bicyclic) bond motifs is 2. The van der Waals surface area contributed by atoms with Crippen molar-refractivity contribution in [3.05, 3.63) is 90.0 Å². The highest BCUT2D eigenvalue weighted by atomic mass is 16.5. The highest BCUT2D eigenvalue weighted by Crippen LogP contribution is 2.35. The summed E-state index contributed by atoms with van der Waals surface area (Å²) in [5.74, 6) is 1.68. The lowest BCUT2D eigenvalue weighted by atomic mass is 10.1. The van der Waals surface area contributed by atoms with Gasteiger partial charge in [0, 0.05) is 22.5 Å². The van der Waals surface area contributed by atoms with Crippen LogP contribution in [0.15, 0.2) is 78.9 Å². The molecule has 0 radical (unpaired) electrons. The molecule has 0 saturated heterocycles. The Bertz CT molecular complexity index is 837. The maximum Gasteiger partial charge on any atom is 0.137 e. The van der Waals surface area contributed by atoms with Gasteiger partial charge in [0.05, 0.1) is 0 Å². The second kappa shape index (κ2) is 5.41. The lowest BCUT2D eigenvalue weighted by Gasteiger charge is -2.12. The zero-order valence-corrected chi connectivity index (χ0v) is 12.0. The number of hydrogen-bond donors (Lipinski definition) is 1. The van der Waals surface area contributed by atoms with E-state index in [1.165, 1.54) is 0 Å². The first-order valence-corrected chi connectivity index (χ1v) is 7.30. The summed E-state index contributed by atoms with van der Waals surface area (Å²) in [4.78, 5) is 0. The minimum absolute atomic E-state index is 0.836. The van der Waals surface area contributed by atoms with E-state index < -0.39 is 0 Å². The van der Waals surface area contributed by atoms with Gasteiger partial charge in [-0.2, -0.15) is 0 Å². The molecule has 22 heavy (non-hydrogen) atoms. The van der Waals surface area contributed by atoms with E-state index >= 15 is 0 Å². The molecule has 0 fully saturated rings. The van der Waals surface area contributed by atoms with Crippen LogP contribution in [0.1, 0.15) is 11.1 Å². The fourth-order valence-corrected chi connectivity index (χ4v) is 2.61. The Hall–Kier alpha value is -3.00. The van der Waals surface area contributed by atoms with Gasteiger partial charge in [-0.1, -0.05) is 48.5 Å². The van der Waals surface area contributed by atoms with Crippen LogP contribution in [-0.4, -0.2) is 0 Å². The average molecular weight is 285 g/mol. The predicted octanol–water partition coefficient (Wildman–Crippen LogP) is 5.32. The average Bonchev–Trinajstić information content (AvgIpc) is 2.72. The van der Waals surface area contributed by atoms with Gasteiger partial charge in [0.1, 0.15) is 11.5 Å². The first kappa shape index (κ1) is 12.7. The van der Waals surface area contributed by atoms with Crippen molar-refractivity contribution in [3.8, 4) is 5.75 Å². The van der Waals surface area contributed by atoms with Crippen LogP contribution in [0.5, 0.6) is 5.75 Å². The summed E-state index contributed by atoms with van der Waals surface area (Å²) in [6, 6.07) is 26.3. The van der Waals surface area contributed by atoms with Gasteiger partial charge in [0.2, 0.25) is 0 Å². The molecule has 106 valence electrons. The molecule has 0 spiro atoms. The first-order chi connectivity index (χ1) is 10.9. The van der Waals surface area contributed by atoms with Gasteiger partial charge >= 0.3 is 0 Å². The summed E-state index contributed by atoms with van der Waals surface area (Å²) in [5.41, 5.74) is 4.31. The second-order valence-electron chi connectivity index (χ2n) is 5.18. The molecule has 1 aliphatic heterocycles. The molecule has 1 heterocycles. The number of para-hydroxylation sites is 3. The maximum absolute atomic E-state index is 6.14. The second-order valence-corrected chi connectivity index (χ2v) is 5.18. The molecule has 3 aromatic carbocycles. The molecule has 0 amide bonds. The zero-order valence-electron chi connectivity index (χ0n) is 12.0. The Morgan fingerprint density at radius 2 is 1.32 bits per heavy atom. The highest BCUT2D eigenvalue weighted by Gasteiger charge is 2.15. The molecule has 0 bridgehead atoms. The molecule has 4 rings (SSSR count). The van der Waals surface area contributed by atoms with Crippen LogP contribution < -0.4 is 10.1 Å². The number of nitrogens with one attached hydrogen (secondary N) is 1. The lowest BCUT2D eigenvalue weighted by molar-refractivity contribution is 0.518. The summed E-state index contributed by atoms with van der Waals surface area (Å²) in [7, 11) is 0. The normalized spacial score (nSPS) is 12.3. The molecule has 0 saturated carbocycles. The molecule has 2 heteroatoms. The number of rotatable bonds is 2. The molecule has 2 nitrogen and oxygen atoms in total. The standard InChI is InChI=1S/C20H15NO/c1-2-9-16(10-3-1)22-20-14-15-8-4-6-12-18(15)21-19-13-7-5-11-17(19)20/h1-14,21H. The summed E-state index contributed by atoms with van der Waals surface area (Å²) in [6.45, 7) is 0. The van der Waals surface area contributed by atoms with Crippen molar-refractivity contribution in [1.82, 2.24) is 0 Å². The number of hydrogen-bond acceptors (Lipinski definition) is 2. The lowest BCUT2D eigenvalue weighted by Crippen LogP contribution is -1.97. The Morgan fingerprint density at radius 3 is 2.18 bits per heavy atom. The topological polar surface area (TPSA) is 21.3 Å². The molecule has 1 N–H and O–H groups in total. The number of benzene rings is 3. The van der Waals surface area contributed by atoms with E-state index in [1.54, 1.807) is 0 Å². The van der Waals surface area contributed by atoms with E-state index in [2.05, 4.69) is 35.7 Å². The van der Waals surface area contributed by atoms with E-state index in [4.69, 9.17) is 4.74 Å². The Kier molecular flexibility index (Phi) is 3.13. The van der Waals surface area contributed by atoms with E-state index in [0.29, 0.717) is 0 Å². The van der Waals surface area contributed by atoms with Gasteiger partial charge in [0.15, 0.2) is 0 Å². The summed E-state index contributed by atoms with van der Waals surface area (Å²) < 4.78 is 6.14. The SMILES string of the molecule is C1=C(Oc2ccccc2)c2ccccc2Nc2ccccc21. The van der Waals surface area contributed by atoms with E-state index in [1.807, 2.05) is 54.6 Å². The fourth-order valence-electron chi connectivity index (χ4n) is 2.61. The van der Waals surface area contributed by atoms with Gasteiger partial charge in [-0.15, -0.1) is 0 Å². The molecule has 0 aromatic heterocycles. The van der Waals surface area contributed by atoms with Crippen LogP contribution in [0.25, 0.3) is 11.8 Å². The Balaban J connectivity index is 1.85. The van der Waals surface area contributed by atoms with Crippen molar-refractivity contribution in [3.63, 3.8) is 0 Å². The van der Waals surface area contributed by atoms with Gasteiger partial charge in [-0.3, -0.25) is 0 Å². The van der Waals surface area contributed by atoms with Crippen molar-refractivity contribution in [1.29, 1.82) is 0 Å². The van der Waals surface area contributed by atoms with Crippen LogP contribution in [0.2, 0.25) is 0 Å². The summed E-state index contributed by atoms with van der Waals surface area (Å²) >= 11 is 0. The number of ether oxygens (including phenoxy) is 1. The minimum Gasteiger partial charge on any atom is -0.457 e. The highest BCUT2D eigenvalue weighted by molar-refractivity contribution is 5.92. The molecule has 0 aliphatic carbocycles. The van der Waals surface area contributed by atoms with E-state index in [9.17, 15) is 0 Å². The van der Waals surface area contributed by atoms with Crippen molar-refractivity contribution >= 4 is 23.2 Å². The third-order valence-electron chi connectivity index (χ3n) is 3.68. The minimum atomic E-state index is 0.836. The number of anilines is 2. The molecule has 1 aliphatic rings. The molecular formula is C20H15NO. The monoisotopic (exact) mass is 285 g/mol. The van der Waals surface area contributed by atoms with Gasteiger partial charge in [0.25, 0.3) is 0 Å². The summed E-state index contributed by atoms with van der Waals surface area (Å²) in [6.07, 6.45) is 2.08. The van der Waals surface area contributed by atoms with Gasteiger partial charge in [-0.25, -0.2) is 0 Å². The van der Waals surface area contributed by atoms with Crippen LogP contribution in [0.4, 0.5) is 11.4 Å². The Morgan fingerprint density at radius 1 is 0.636 bits per heavy atom. The van der Waals surface area contributed by atoms with Crippen molar-refractivity contribution < 1.29 is 4.74 Å². The van der Waals surface area contributed by atoms with Crippen molar-refractivity contribution in [2.24, 2.45) is 0 Å². The van der Waals surface area contributed by atoms with Crippen LogP contribution in [0, 0.1) is 0 Å². The fraction of sp³-hybridized carbons (Fsp3) is 0. The third-order valence-corrected chi connectivity index (χ3v) is 3.68. The molecule has 3 aromatic rings. The van der Waals surface area contributed by atoms with Gasteiger partial charge in [-0.05, 0) is 36.4 Å². The maximum atomic E-state index is 6.14. The van der Waals surface area contributed by atoms with Crippen LogP contribution >= 0.6 is 0 Å². The van der Waals surface area contributed by atoms with Crippen molar-refractivity contribution in [2.45, 2.75) is 0 Å². The first-order valence-electron chi connectivity index (χ1n) is 7.30. The van der Waals surface area contributed by atoms with Crippen LogP contribution in [-0.2, 0) is 0 Å². The van der Waals surface area contributed by atoms with E-state index in [0.717, 1.165) is 34.0 Å². The van der Waals surface area contributed by atoms with Crippen molar-refractivity contribution in [2.75, 3.05) is 5.32 Å². The van der Waals surface area contributed by atoms with E-state index in [-0.39, 0.29) is 0 Å². The predicted molar refractivity (Wildman–Crippen MR) is 91.1 cm³/mol. The smallest absolute Gasteiger partial charge is 0.137 e. The molecule has 0 unspecified atom stereocenters. The summed E-state index contributed by atoms with van der Waals surface area (Å²) in [5, 5.41) is 3.49. The molecule has 0 atom stereocenters. The zero-order chi connectivity index (χ0) is 14.8. The largest absolute Gasteiger partial charge is 0.457 e. The Labute approximate surface area is 129 Å². The van der Waals surface area contributed by atoms with Gasteiger partial charge < -0.3 is 10.1 Å².